The fourth-order valence-corrected chi connectivity index (χ4v) is 2.62. The van der Waals surface area contributed by atoms with Crippen LogP contribution in [0.15, 0.2) is 46.0 Å². The second-order valence-electron chi connectivity index (χ2n) is 4.90. The van der Waals surface area contributed by atoms with Crippen LogP contribution in [0.1, 0.15) is 0 Å². The van der Waals surface area contributed by atoms with Crippen LogP contribution in [0.25, 0.3) is 22.3 Å². The van der Waals surface area contributed by atoms with E-state index in [0.29, 0.717) is 11.0 Å². The molecule has 0 N–H and O–H groups in total. The molecule has 0 aliphatic rings. The highest BCUT2D eigenvalue weighted by Gasteiger charge is 2.15. The molecular formula is C15H15N3O2. The highest BCUT2D eigenvalue weighted by atomic mass is 16.2. The Balaban J connectivity index is 2.49. The number of benzene rings is 1. The summed E-state index contributed by atoms with van der Waals surface area (Å²) in [7, 11) is 5.04. The van der Waals surface area contributed by atoms with Gasteiger partial charge in [0.15, 0.2) is 0 Å². The van der Waals surface area contributed by atoms with E-state index >= 15 is 0 Å². The van der Waals surface area contributed by atoms with E-state index in [9.17, 15) is 9.59 Å². The number of nitrogens with zero attached hydrogens (tertiary/aromatic N) is 3. The number of aromatic nitrogens is 3. The summed E-state index contributed by atoms with van der Waals surface area (Å²) in [5, 5.41) is 0.552. The first-order valence-electron chi connectivity index (χ1n) is 6.33. The van der Waals surface area contributed by atoms with Gasteiger partial charge in [-0.3, -0.25) is 13.9 Å². The van der Waals surface area contributed by atoms with Crippen LogP contribution in [-0.2, 0) is 21.1 Å². The fourth-order valence-electron chi connectivity index (χ4n) is 2.62. The van der Waals surface area contributed by atoms with Crippen molar-refractivity contribution in [3.05, 3.63) is 57.2 Å². The summed E-state index contributed by atoms with van der Waals surface area (Å²) < 4.78 is 4.52. The molecule has 0 radical (unpaired) electrons. The number of aryl methyl sites for hydroxylation is 2. The van der Waals surface area contributed by atoms with Gasteiger partial charge in [-0.25, -0.2) is 4.79 Å². The molecule has 0 saturated heterocycles. The van der Waals surface area contributed by atoms with E-state index in [1.807, 2.05) is 48.0 Å². The lowest BCUT2D eigenvalue weighted by Gasteiger charge is -2.08. The highest BCUT2D eigenvalue weighted by molar-refractivity contribution is 5.83. The zero-order valence-corrected chi connectivity index (χ0v) is 11.6. The minimum absolute atomic E-state index is 0.263. The number of hydrogen-bond acceptors (Lipinski definition) is 2. The molecule has 3 aromatic rings. The first-order chi connectivity index (χ1) is 9.52. The van der Waals surface area contributed by atoms with E-state index in [-0.39, 0.29) is 11.2 Å². The van der Waals surface area contributed by atoms with E-state index in [2.05, 4.69) is 0 Å². The van der Waals surface area contributed by atoms with Gasteiger partial charge in [0.2, 0.25) is 0 Å². The fraction of sp³-hybridized carbons (Fsp3) is 0.200. The topological polar surface area (TPSA) is 48.9 Å². The Labute approximate surface area is 115 Å². The Bertz CT molecular complexity index is 914. The zero-order valence-electron chi connectivity index (χ0n) is 11.6. The third-order valence-corrected chi connectivity index (χ3v) is 3.70. The second kappa shape index (κ2) is 4.23. The van der Waals surface area contributed by atoms with Crippen LogP contribution in [0.4, 0.5) is 0 Å². The SMILES string of the molecule is Cn1c(=O)c2cc(-c3ccccc3)n(C)c2n(C)c1=O. The average molecular weight is 269 g/mol. The Kier molecular flexibility index (Phi) is 2.64. The van der Waals surface area contributed by atoms with E-state index in [0.717, 1.165) is 15.8 Å². The third kappa shape index (κ3) is 1.56. The minimum atomic E-state index is -0.316. The van der Waals surface area contributed by atoms with Crippen molar-refractivity contribution in [2.45, 2.75) is 0 Å². The summed E-state index contributed by atoms with van der Waals surface area (Å²) in [4.78, 5) is 24.2. The molecule has 2 aromatic heterocycles. The highest BCUT2D eigenvalue weighted by Crippen LogP contribution is 2.24. The summed E-state index contributed by atoms with van der Waals surface area (Å²) in [5.74, 6) is 0. The van der Waals surface area contributed by atoms with Crippen molar-refractivity contribution < 1.29 is 0 Å². The van der Waals surface area contributed by atoms with E-state index in [1.165, 1.54) is 11.6 Å². The van der Waals surface area contributed by atoms with Crippen LogP contribution in [0.2, 0.25) is 0 Å². The van der Waals surface area contributed by atoms with Crippen molar-refractivity contribution >= 4 is 11.0 Å². The standard InChI is InChI=1S/C15H15N3O2/c1-16-12(10-7-5-4-6-8-10)9-11-13(16)17(2)15(20)18(3)14(11)19/h4-9H,1-3H3. The van der Waals surface area contributed by atoms with Crippen molar-refractivity contribution in [2.24, 2.45) is 21.1 Å². The number of fused-ring (bicyclic) bond motifs is 1. The van der Waals surface area contributed by atoms with Crippen LogP contribution in [0, 0.1) is 0 Å². The summed E-state index contributed by atoms with van der Waals surface area (Å²) >= 11 is 0. The predicted molar refractivity (Wildman–Crippen MR) is 78.8 cm³/mol. The van der Waals surface area contributed by atoms with Crippen molar-refractivity contribution in [1.82, 2.24) is 13.7 Å². The summed E-state index contributed by atoms with van der Waals surface area (Å²) in [5.41, 5.74) is 1.99. The molecule has 20 heavy (non-hydrogen) atoms. The molecule has 5 nitrogen and oxygen atoms in total. The van der Waals surface area contributed by atoms with Crippen molar-refractivity contribution in [2.75, 3.05) is 0 Å². The van der Waals surface area contributed by atoms with Gasteiger partial charge in [0.1, 0.15) is 5.65 Å². The van der Waals surface area contributed by atoms with Gasteiger partial charge in [0.05, 0.1) is 11.1 Å². The van der Waals surface area contributed by atoms with Crippen LogP contribution in [-0.4, -0.2) is 13.7 Å². The van der Waals surface area contributed by atoms with Gasteiger partial charge < -0.3 is 4.57 Å². The molecule has 1 aromatic carbocycles. The quantitative estimate of drug-likeness (QED) is 0.667. The van der Waals surface area contributed by atoms with Gasteiger partial charge in [-0.05, 0) is 11.6 Å². The van der Waals surface area contributed by atoms with Gasteiger partial charge in [0.25, 0.3) is 5.56 Å². The van der Waals surface area contributed by atoms with Crippen LogP contribution >= 0.6 is 0 Å². The number of hydrogen-bond donors (Lipinski definition) is 0. The maximum Gasteiger partial charge on any atom is 0.332 e. The molecule has 2 heterocycles. The van der Waals surface area contributed by atoms with E-state index in [4.69, 9.17) is 0 Å². The third-order valence-electron chi connectivity index (χ3n) is 3.70. The molecule has 102 valence electrons. The molecule has 0 atom stereocenters. The Morgan fingerprint density at radius 3 is 2.15 bits per heavy atom. The molecule has 0 bridgehead atoms. The maximum absolute atomic E-state index is 12.2. The van der Waals surface area contributed by atoms with Gasteiger partial charge >= 0.3 is 5.69 Å². The van der Waals surface area contributed by atoms with Crippen LogP contribution in [0.5, 0.6) is 0 Å². The molecule has 0 aliphatic heterocycles. The second-order valence-corrected chi connectivity index (χ2v) is 4.90. The first kappa shape index (κ1) is 12.5. The normalized spacial score (nSPS) is 11.2. The molecule has 0 amide bonds. The summed E-state index contributed by atoms with van der Waals surface area (Å²) in [6, 6.07) is 11.6. The van der Waals surface area contributed by atoms with Gasteiger partial charge in [-0.2, -0.15) is 0 Å². The Hall–Kier alpha value is -2.56. The van der Waals surface area contributed by atoms with Crippen molar-refractivity contribution in [3.8, 4) is 11.3 Å². The predicted octanol–water partition coefficient (Wildman–Crippen LogP) is 1.24. The zero-order chi connectivity index (χ0) is 14.4. The van der Waals surface area contributed by atoms with Crippen LogP contribution in [0.3, 0.4) is 0 Å². The molecule has 0 spiro atoms. The van der Waals surface area contributed by atoms with Crippen molar-refractivity contribution in [3.63, 3.8) is 0 Å². The van der Waals surface area contributed by atoms with Crippen molar-refractivity contribution in [1.29, 1.82) is 0 Å². The van der Waals surface area contributed by atoms with Gasteiger partial charge in [-0.1, -0.05) is 30.3 Å². The Morgan fingerprint density at radius 2 is 1.50 bits per heavy atom. The van der Waals surface area contributed by atoms with Gasteiger partial charge in [-0.15, -0.1) is 0 Å². The lowest BCUT2D eigenvalue weighted by molar-refractivity contribution is 0.699. The lowest BCUT2D eigenvalue weighted by atomic mass is 10.1. The lowest BCUT2D eigenvalue weighted by Crippen LogP contribution is -2.37. The largest absolute Gasteiger partial charge is 0.332 e. The molecule has 5 heteroatoms. The molecule has 0 unspecified atom stereocenters. The summed E-state index contributed by atoms with van der Waals surface area (Å²) in [6.07, 6.45) is 0. The molecular weight excluding hydrogens is 254 g/mol. The smallest absolute Gasteiger partial charge is 0.330 e. The van der Waals surface area contributed by atoms with Gasteiger partial charge in [0, 0.05) is 21.1 Å². The van der Waals surface area contributed by atoms with Crippen LogP contribution < -0.4 is 11.2 Å². The van der Waals surface area contributed by atoms with E-state index in [1.54, 1.807) is 7.05 Å². The monoisotopic (exact) mass is 269 g/mol. The number of rotatable bonds is 1. The summed E-state index contributed by atoms with van der Waals surface area (Å²) in [6.45, 7) is 0. The average Bonchev–Trinajstić information content (AvgIpc) is 2.81. The van der Waals surface area contributed by atoms with E-state index < -0.39 is 0 Å². The maximum atomic E-state index is 12.2. The first-order valence-corrected chi connectivity index (χ1v) is 6.33. The Morgan fingerprint density at radius 1 is 0.850 bits per heavy atom. The molecule has 0 fully saturated rings. The molecule has 0 saturated carbocycles. The molecule has 3 rings (SSSR count). The molecule has 0 aliphatic carbocycles. The minimum Gasteiger partial charge on any atom is -0.330 e.